The number of hydrogen-bond acceptors (Lipinski definition) is 3. The molecule has 3 N–H and O–H groups in total. The normalized spacial score (nSPS) is 23.4. The Kier molecular flexibility index (Phi) is 3.07. The third-order valence-electron chi connectivity index (χ3n) is 3.22. The minimum Gasteiger partial charge on any atom is -0.352 e. The van der Waals surface area contributed by atoms with Gasteiger partial charge in [0.2, 0.25) is 5.91 Å². The highest BCUT2D eigenvalue weighted by Gasteiger charge is 2.40. The number of nitrogens with two attached hydrogens (primary N) is 1. The summed E-state index contributed by atoms with van der Waals surface area (Å²) in [5, 5.41) is 2.91. The van der Waals surface area contributed by atoms with Crippen LogP contribution in [0.25, 0.3) is 0 Å². The molecule has 0 aromatic heterocycles. The van der Waals surface area contributed by atoms with E-state index in [0.29, 0.717) is 13.1 Å². The first kappa shape index (κ1) is 11.9. The standard InChI is InChI=1S/C13H19N3O/c1-13(2)9-15-12(17)11(8-14)16(13)10-6-4-3-5-7-10/h3-7,11H,8-9,14H2,1-2H3,(H,15,17). The molecule has 92 valence electrons. The zero-order chi connectivity index (χ0) is 12.5. The molecule has 0 aliphatic carbocycles. The lowest BCUT2D eigenvalue weighted by Gasteiger charge is -2.48. The van der Waals surface area contributed by atoms with E-state index >= 15 is 0 Å². The van der Waals surface area contributed by atoms with Gasteiger partial charge in [-0.2, -0.15) is 0 Å². The average molecular weight is 233 g/mol. The fourth-order valence-electron chi connectivity index (χ4n) is 2.38. The molecular formula is C13H19N3O. The van der Waals surface area contributed by atoms with Gasteiger partial charge in [-0.1, -0.05) is 18.2 Å². The lowest BCUT2D eigenvalue weighted by Crippen LogP contribution is -2.67. The smallest absolute Gasteiger partial charge is 0.244 e. The lowest BCUT2D eigenvalue weighted by molar-refractivity contribution is -0.124. The van der Waals surface area contributed by atoms with Crippen molar-refractivity contribution >= 4 is 11.6 Å². The fraction of sp³-hybridized carbons (Fsp3) is 0.462. The molecule has 1 fully saturated rings. The van der Waals surface area contributed by atoms with Crippen LogP contribution < -0.4 is 16.0 Å². The Balaban J connectivity index is 2.41. The van der Waals surface area contributed by atoms with Crippen LogP contribution >= 0.6 is 0 Å². The van der Waals surface area contributed by atoms with Gasteiger partial charge in [0.25, 0.3) is 0 Å². The summed E-state index contributed by atoms with van der Waals surface area (Å²) in [6.07, 6.45) is 0. The predicted octanol–water partition coefficient (Wildman–Crippen LogP) is 0.729. The monoisotopic (exact) mass is 233 g/mol. The molecule has 1 heterocycles. The van der Waals surface area contributed by atoms with Crippen molar-refractivity contribution in [1.29, 1.82) is 0 Å². The van der Waals surface area contributed by atoms with E-state index in [-0.39, 0.29) is 17.5 Å². The van der Waals surface area contributed by atoms with Gasteiger partial charge in [-0.25, -0.2) is 0 Å². The number of hydrogen-bond donors (Lipinski definition) is 2. The van der Waals surface area contributed by atoms with Crippen LogP contribution in [0.1, 0.15) is 13.8 Å². The Bertz CT molecular complexity index is 402. The van der Waals surface area contributed by atoms with Crippen molar-refractivity contribution in [2.24, 2.45) is 5.73 Å². The van der Waals surface area contributed by atoms with Crippen molar-refractivity contribution in [3.05, 3.63) is 30.3 Å². The molecule has 0 spiro atoms. The molecule has 1 aromatic carbocycles. The molecule has 17 heavy (non-hydrogen) atoms. The molecule has 0 radical (unpaired) electrons. The zero-order valence-corrected chi connectivity index (χ0v) is 10.3. The molecule has 0 saturated carbocycles. The van der Waals surface area contributed by atoms with Gasteiger partial charge >= 0.3 is 0 Å². The molecular weight excluding hydrogens is 214 g/mol. The van der Waals surface area contributed by atoms with Gasteiger partial charge in [-0.05, 0) is 26.0 Å². The van der Waals surface area contributed by atoms with Crippen molar-refractivity contribution < 1.29 is 4.79 Å². The average Bonchev–Trinajstić information content (AvgIpc) is 2.33. The summed E-state index contributed by atoms with van der Waals surface area (Å²) in [6, 6.07) is 9.67. The fourth-order valence-corrected chi connectivity index (χ4v) is 2.38. The minimum absolute atomic E-state index is 0.00989. The van der Waals surface area contributed by atoms with E-state index in [1.165, 1.54) is 0 Å². The van der Waals surface area contributed by atoms with Gasteiger partial charge in [0.05, 0.1) is 5.54 Å². The van der Waals surface area contributed by atoms with E-state index in [9.17, 15) is 4.79 Å². The molecule has 0 bridgehead atoms. The van der Waals surface area contributed by atoms with Gasteiger partial charge in [0.1, 0.15) is 6.04 Å². The number of carbonyl (C=O) groups is 1. The van der Waals surface area contributed by atoms with Gasteiger partial charge in [0.15, 0.2) is 0 Å². The molecule has 1 aromatic rings. The number of carbonyl (C=O) groups excluding carboxylic acids is 1. The second-order valence-corrected chi connectivity index (χ2v) is 4.99. The summed E-state index contributed by atoms with van der Waals surface area (Å²) < 4.78 is 0. The Morgan fingerprint density at radius 1 is 1.41 bits per heavy atom. The third kappa shape index (κ3) is 2.13. The molecule has 1 unspecified atom stereocenters. The molecule has 1 saturated heterocycles. The van der Waals surface area contributed by atoms with Crippen molar-refractivity contribution in [2.45, 2.75) is 25.4 Å². The van der Waals surface area contributed by atoms with Crippen LogP contribution in [0.4, 0.5) is 5.69 Å². The molecule has 1 aliphatic rings. The highest BCUT2D eigenvalue weighted by Crippen LogP contribution is 2.28. The molecule has 1 amide bonds. The molecule has 1 aliphatic heterocycles. The van der Waals surface area contributed by atoms with Crippen LogP contribution in [0, 0.1) is 0 Å². The van der Waals surface area contributed by atoms with E-state index in [0.717, 1.165) is 5.69 Å². The van der Waals surface area contributed by atoms with Crippen LogP contribution in [0.3, 0.4) is 0 Å². The quantitative estimate of drug-likeness (QED) is 0.791. The Morgan fingerprint density at radius 3 is 2.65 bits per heavy atom. The maximum atomic E-state index is 11.9. The summed E-state index contributed by atoms with van der Waals surface area (Å²) in [4.78, 5) is 14.0. The first-order valence-electron chi connectivity index (χ1n) is 5.88. The number of anilines is 1. The SMILES string of the molecule is CC1(C)CNC(=O)C(CN)N1c1ccccc1. The van der Waals surface area contributed by atoms with Crippen LogP contribution in [-0.4, -0.2) is 30.6 Å². The number of benzene rings is 1. The number of nitrogens with zero attached hydrogens (tertiary/aromatic N) is 1. The number of piperazine rings is 1. The lowest BCUT2D eigenvalue weighted by atomic mass is 9.94. The second kappa shape index (κ2) is 4.37. The van der Waals surface area contributed by atoms with E-state index < -0.39 is 0 Å². The Morgan fingerprint density at radius 2 is 2.06 bits per heavy atom. The van der Waals surface area contributed by atoms with Crippen LogP contribution in [0.5, 0.6) is 0 Å². The van der Waals surface area contributed by atoms with Crippen molar-refractivity contribution in [3.8, 4) is 0 Å². The van der Waals surface area contributed by atoms with E-state index in [1.54, 1.807) is 0 Å². The Hall–Kier alpha value is -1.55. The highest BCUT2D eigenvalue weighted by molar-refractivity contribution is 5.87. The molecule has 2 rings (SSSR count). The number of nitrogens with one attached hydrogen (secondary N) is 1. The molecule has 4 heteroatoms. The van der Waals surface area contributed by atoms with Crippen LogP contribution in [-0.2, 0) is 4.79 Å². The molecule has 1 atom stereocenters. The Labute approximate surface area is 102 Å². The first-order chi connectivity index (χ1) is 8.06. The maximum Gasteiger partial charge on any atom is 0.244 e. The summed E-state index contributed by atoms with van der Waals surface area (Å²) in [6.45, 7) is 5.19. The molecule has 4 nitrogen and oxygen atoms in total. The summed E-state index contributed by atoms with van der Waals surface area (Å²) in [7, 11) is 0. The van der Waals surface area contributed by atoms with Gasteiger partial charge < -0.3 is 16.0 Å². The van der Waals surface area contributed by atoms with Crippen molar-refractivity contribution in [2.75, 3.05) is 18.0 Å². The zero-order valence-electron chi connectivity index (χ0n) is 10.3. The van der Waals surface area contributed by atoms with Gasteiger partial charge in [0, 0.05) is 18.8 Å². The largest absolute Gasteiger partial charge is 0.352 e. The van der Waals surface area contributed by atoms with Gasteiger partial charge in [-0.15, -0.1) is 0 Å². The van der Waals surface area contributed by atoms with E-state index in [2.05, 4.69) is 24.1 Å². The highest BCUT2D eigenvalue weighted by atomic mass is 16.2. The number of amides is 1. The van der Waals surface area contributed by atoms with Crippen molar-refractivity contribution in [1.82, 2.24) is 5.32 Å². The minimum atomic E-state index is -0.291. The maximum absolute atomic E-state index is 11.9. The van der Waals surface area contributed by atoms with E-state index in [4.69, 9.17) is 5.73 Å². The van der Waals surface area contributed by atoms with E-state index in [1.807, 2.05) is 30.3 Å². The number of para-hydroxylation sites is 1. The summed E-state index contributed by atoms with van der Waals surface area (Å²) in [5.41, 5.74) is 6.66. The predicted molar refractivity (Wildman–Crippen MR) is 68.9 cm³/mol. The van der Waals surface area contributed by atoms with Crippen molar-refractivity contribution in [3.63, 3.8) is 0 Å². The van der Waals surface area contributed by atoms with Crippen LogP contribution in [0.15, 0.2) is 30.3 Å². The summed E-state index contributed by atoms with van der Waals surface area (Å²) >= 11 is 0. The third-order valence-corrected chi connectivity index (χ3v) is 3.22. The first-order valence-corrected chi connectivity index (χ1v) is 5.88. The topological polar surface area (TPSA) is 58.4 Å². The number of rotatable bonds is 2. The van der Waals surface area contributed by atoms with Gasteiger partial charge in [-0.3, -0.25) is 4.79 Å². The second-order valence-electron chi connectivity index (χ2n) is 4.99. The van der Waals surface area contributed by atoms with Crippen LogP contribution in [0.2, 0.25) is 0 Å². The summed E-state index contributed by atoms with van der Waals surface area (Å²) in [5.74, 6) is 0.00989.